The number of nitrogens with two attached hydrogens (primary N) is 1. The van der Waals surface area contributed by atoms with Gasteiger partial charge in [-0.3, -0.25) is 10.1 Å². The molecule has 0 aliphatic rings. The maximum Gasteiger partial charge on any atom is 0.318 e. The summed E-state index contributed by atoms with van der Waals surface area (Å²) in [6.07, 6.45) is -0.251. The molecular weight excluding hydrogens is 236 g/mol. The van der Waals surface area contributed by atoms with Crippen LogP contribution in [0.3, 0.4) is 0 Å². The van der Waals surface area contributed by atoms with E-state index in [0.29, 0.717) is 12.2 Å². The smallest absolute Gasteiger partial charge is 0.318 e. The highest BCUT2D eigenvalue weighted by Gasteiger charge is 2.15. The lowest BCUT2D eigenvalue weighted by Crippen LogP contribution is -2.42. The highest BCUT2D eigenvalue weighted by atomic mass is 16.5. The van der Waals surface area contributed by atoms with E-state index < -0.39 is 18.0 Å². The molecule has 0 spiro atoms. The van der Waals surface area contributed by atoms with Crippen molar-refractivity contribution >= 4 is 11.9 Å². The van der Waals surface area contributed by atoms with Gasteiger partial charge in [0.1, 0.15) is 5.75 Å². The zero-order valence-corrected chi connectivity index (χ0v) is 10.1. The summed E-state index contributed by atoms with van der Waals surface area (Å²) < 4.78 is 5.33. The molecule has 0 fully saturated rings. The number of carbonyl (C=O) groups excluding carboxylic acids is 2. The van der Waals surface area contributed by atoms with Crippen LogP contribution in [0.15, 0.2) is 24.3 Å². The minimum atomic E-state index is -0.909. The van der Waals surface area contributed by atoms with Crippen molar-refractivity contribution in [2.45, 2.75) is 19.4 Å². The van der Waals surface area contributed by atoms with Crippen molar-refractivity contribution in [1.82, 2.24) is 5.32 Å². The first kappa shape index (κ1) is 14.0. The number of rotatable bonds is 5. The first-order chi connectivity index (χ1) is 8.52. The van der Waals surface area contributed by atoms with Gasteiger partial charge in [0.2, 0.25) is 0 Å². The van der Waals surface area contributed by atoms with Crippen molar-refractivity contribution in [2.24, 2.45) is 5.73 Å². The Bertz CT molecular complexity index is 417. The molecule has 1 unspecified atom stereocenters. The number of carbonyl (C=O) groups is 2. The Kier molecular flexibility index (Phi) is 5.13. The predicted molar refractivity (Wildman–Crippen MR) is 65.0 cm³/mol. The molecule has 0 aliphatic heterocycles. The summed E-state index contributed by atoms with van der Waals surface area (Å²) in [4.78, 5) is 21.9. The van der Waals surface area contributed by atoms with Crippen LogP contribution in [0, 0.1) is 0 Å². The largest absolute Gasteiger partial charge is 0.481 e. The Balaban J connectivity index is 2.56. The molecule has 0 radical (unpaired) electrons. The normalized spacial score (nSPS) is 11.7. The SMILES string of the molecule is CC(Oc1ccc(CCO)cc1)C(=O)NC(N)=O. The first-order valence-electron chi connectivity index (χ1n) is 5.49. The third-order valence-electron chi connectivity index (χ3n) is 2.25. The highest BCUT2D eigenvalue weighted by Crippen LogP contribution is 2.14. The number of urea groups is 1. The molecule has 0 aliphatic carbocycles. The molecule has 1 atom stereocenters. The second kappa shape index (κ2) is 6.61. The Labute approximate surface area is 105 Å². The van der Waals surface area contributed by atoms with Gasteiger partial charge >= 0.3 is 6.03 Å². The summed E-state index contributed by atoms with van der Waals surface area (Å²) in [5, 5.41) is 10.7. The van der Waals surface area contributed by atoms with Crippen LogP contribution in [-0.4, -0.2) is 29.8 Å². The quantitative estimate of drug-likeness (QED) is 0.695. The van der Waals surface area contributed by atoms with E-state index >= 15 is 0 Å². The molecule has 0 heterocycles. The van der Waals surface area contributed by atoms with Crippen molar-refractivity contribution in [3.05, 3.63) is 29.8 Å². The summed E-state index contributed by atoms with van der Waals surface area (Å²) in [6.45, 7) is 1.59. The third-order valence-corrected chi connectivity index (χ3v) is 2.25. The minimum absolute atomic E-state index is 0.0810. The zero-order chi connectivity index (χ0) is 13.5. The van der Waals surface area contributed by atoms with Crippen LogP contribution in [-0.2, 0) is 11.2 Å². The van der Waals surface area contributed by atoms with E-state index in [2.05, 4.69) is 0 Å². The van der Waals surface area contributed by atoms with Crippen LogP contribution in [0.25, 0.3) is 0 Å². The molecule has 3 amide bonds. The van der Waals surface area contributed by atoms with Gasteiger partial charge in [0.25, 0.3) is 5.91 Å². The predicted octanol–water partition coefficient (Wildman–Crippen LogP) is 0.184. The number of imide groups is 1. The van der Waals surface area contributed by atoms with Gasteiger partial charge in [0.15, 0.2) is 6.10 Å². The van der Waals surface area contributed by atoms with Crippen molar-refractivity contribution in [3.63, 3.8) is 0 Å². The lowest BCUT2D eigenvalue weighted by Gasteiger charge is -2.13. The van der Waals surface area contributed by atoms with Crippen molar-refractivity contribution in [2.75, 3.05) is 6.61 Å². The Morgan fingerprint density at radius 1 is 1.39 bits per heavy atom. The van der Waals surface area contributed by atoms with Gasteiger partial charge in [-0.25, -0.2) is 4.79 Å². The summed E-state index contributed by atoms with van der Waals surface area (Å²) in [7, 11) is 0. The van der Waals surface area contributed by atoms with E-state index in [1.54, 1.807) is 24.3 Å². The number of aliphatic hydroxyl groups excluding tert-OH is 1. The average Bonchev–Trinajstić information content (AvgIpc) is 2.31. The van der Waals surface area contributed by atoms with Gasteiger partial charge in [0.05, 0.1) is 0 Å². The minimum Gasteiger partial charge on any atom is -0.481 e. The maximum atomic E-state index is 11.4. The Morgan fingerprint density at radius 2 is 2.00 bits per heavy atom. The van der Waals surface area contributed by atoms with E-state index in [4.69, 9.17) is 15.6 Å². The Morgan fingerprint density at radius 3 is 2.50 bits per heavy atom. The summed E-state index contributed by atoms with van der Waals surface area (Å²) in [5.74, 6) is -0.0919. The lowest BCUT2D eigenvalue weighted by molar-refractivity contribution is -0.126. The van der Waals surface area contributed by atoms with Crippen LogP contribution in [0.2, 0.25) is 0 Å². The second-order valence-corrected chi connectivity index (χ2v) is 3.73. The van der Waals surface area contributed by atoms with Gasteiger partial charge in [-0.2, -0.15) is 0 Å². The lowest BCUT2D eigenvalue weighted by atomic mass is 10.1. The molecule has 1 rings (SSSR count). The topological polar surface area (TPSA) is 102 Å². The molecule has 0 saturated carbocycles. The number of hydrogen-bond acceptors (Lipinski definition) is 4. The summed E-state index contributed by atoms with van der Waals surface area (Å²) in [5.41, 5.74) is 5.80. The van der Waals surface area contributed by atoms with Gasteiger partial charge in [-0.1, -0.05) is 12.1 Å². The molecule has 0 aromatic heterocycles. The number of benzene rings is 1. The van der Waals surface area contributed by atoms with Crippen LogP contribution in [0.1, 0.15) is 12.5 Å². The van der Waals surface area contributed by atoms with Crippen LogP contribution in [0.5, 0.6) is 5.75 Å². The monoisotopic (exact) mass is 252 g/mol. The van der Waals surface area contributed by atoms with E-state index in [1.165, 1.54) is 6.92 Å². The van der Waals surface area contributed by atoms with Crippen LogP contribution in [0.4, 0.5) is 4.79 Å². The van der Waals surface area contributed by atoms with Gasteiger partial charge in [-0.05, 0) is 31.0 Å². The standard InChI is InChI=1S/C12H16N2O4/c1-8(11(16)14-12(13)17)18-10-4-2-9(3-5-10)6-7-15/h2-5,8,15H,6-7H2,1H3,(H3,13,14,16,17). The molecule has 0 bridgehead atoms. The molecule has 1 aromatic carbocycles. The molecule has 6 heteroatoms. The maximum absolute atomic E-state index is 11.4. The van der Waals surface area contributed by atoms with Gasteiger partial charge < -0.3 is 15.6 Å². The highest BCUT2D eigenvalue weighted by molar-refractivity contribution is 5.95. The number of hydrogen-bond donors (Lipinski definition) is 3. The molecule has 18 heavy (non-hydrogen) atoms. The fourth-order valence-corrected chi connectivity index (χ4v) is 1.34. The average molecular weight is 252 g/mol. The number of amides is 3. The first-order valence-corrected chi connectivity index (χ1v) is 5.49. The fraction of sp³-hybridized carbons (Fsp3) is 0.333. The Hall–Kier alpha value is -2.08. The summed E-state index contributed by atoms with van der Waals surface area (Å²) in [6, 6.07) is 6.07. The van der Waals surface area contributed by atoms with Crippen molar-refractivity contribution in [1.29, 1.82) is 0 Å². The fourth-order valence-electron chi connectivity index (χ4n) is 1.34. The number of primary amides is 1. The van der Waals surface area contributed by atoms with Gasteiger partial charge in [-0.15, -0.1) is 0 Å². The number of nitrogens with one attached hydrogen (secondary N) is 1. The molecular formula is C12H16N2O4. The molecule has 4 N–H and O–H groups in total. The van der Waals surface area contributed by atoms with Crippen molar-refractivity contribution in [3.8, 4) is 5.75 Å². The van der Waals surface area contributed by atoms with E-state index in [9.17, 15) is 9.59 Å². The molecule has 0 saturated heterocycles. The van der Waals surface area contributed by atoms with Gasteiger partial charge in [0, 0.05) is 6.61 Å². The molecule has 1 aromatic rings. The second-order valence-electron chi connectivity index (χ2n) is 3.73. The van der Waals surface area contributed by atoms with E-state index in [0.717, 1.165) is 5.56 Å². The van der Waals surface area contributed by atoms with Crippen LogP contribution < -0.4 is 15.8 Å². The third kappa shape index (κ3) is 4.42. The number of ether oxygens (including phenoxy) is 1. The van der Waals surface area contributed by atoms with Crippen molar-refractivity contribution < 1.29 is 19.4 Å². The van der Waals surface area contributed by atoms with E-state index in [1.807, 2.05) is 5.32 Å². The van der Waals surface area contributed by atoms with E-state index in [-0.39, 0.29) is 6.61 Å². The number of aliphatic hydroxyl groups is 1. The zero-order valence-electron chi connectivity index (χ0n) is 10.1. The molecule has 6 nitrogen and oxygen atoms in total. The van der Waals surface area contributed by atoms with Crippen LogP contribution >= 0.6 is 0 Å². The molecule has 98 valence electrons. The summed E-state index contributed by atoms with van der Waals surface area (Å²) >= 11 is 0.